The van der Waals surface area contributed by atoms with E-state index in [1.165, 1.54) is 7.11 Å². The Kier molecular flexibility index (Phi) is 8.05. The largest absolute Gasteiger partial charge is 0.497 e. The molecule has 0 saturated heterocycles. The van der Waals surface area contributed by atoms with Crippen molar-refractivity contribution in [3.8, 4) is 28.7 Å². The van der Waals surface area contributed by atoms with Gasteiger partial charge in [-0.1, -0.05) is 36.4 Å². The standard InChI is InChI=1S/C28H26N2O7/c1-19-25(29-27(36-19)21-7-4-3-5-8-21)18-35-22-13-11-20(12-14-22)16-30(17-26(31)32)28(33)37-24-10-6-9-23(15-24)34-2/h3-15H,16-18H2,1-2H3,(H,31,32). The molecular weight excluding hydrogens is 476 g/mol. The van der Waals surface area contributed by atoms with Crippen LogP contribution in [-0.2, 0) is 17.9 Å². The van der Waals surface area contributed by atoms with Gasteiger partial charge in [-0.3, -0.25) is 9.69 Å². The van der Waals surface area contributed by atoms with Gasteiger partial charge in [0, 0.05) is 18.2 Å². The number of hydrogen-bond acceptors (Lipinski definition) is 7. The number of rotatable bonds is 10. The molecule has 0 fully saturated rings. The van der Waals surface area contributed by atoms with Crippen LogP contribution < -0.4 is 14.2 Å². The van der Waals surface area contributed by atoms with E-state index in [0.717, 1.165) is 10.5 Å². The second kappa shape index (κ2) is 11.8. The number of carbonyl (C=O) groups excluding carboxylic acids is 1. The van der Waals surface area contributed by atoms with Gasteiger partial charge in [0.2, 0.25) is 5.89 Å². The number of hydrogen-bond donors (Lipinski definition) is 1. The summed E-state index contributed by atoms with van der Waals surface area (Å²) < 4.78 is 22.1. The summed E-state index contributed by atoms with van der Waals surface area (Å²) in [5.41, 5.74) is 2.29. The van der Waals surface area contributed by atoms with Crippen LogP contribution in [0.2, 0.25) is 0 Å². The van der Waals surface area contributed by atoms with E-state index in [4.69, 9.17) is 18.6 Å². The van der Waals surface area contributed by atoms with Crippen molar-refractivity contribution >= 4 is 12.1 Å². The van der Waals surface area contributed by atoms with Crippen LogP contribution in [0.25, 0.3) is 11.5 Å². The van der Waals surface area contributed by atoms with Gasteiger partial charge in [-0.15, -0.1) is 0 Å². The van der Waals surface area contributed by atoms with Gasteiger partial charge < -0.3 is 23.7 Å². The number of ether oxygens (including phenoxy) is 3. The summed E-state index contributed by atoms with van der Waals surface area (Å²) in [5, 5.41) is 9.28. The van der Waals surface area contributed by atoms with Crippen LogP contribution in [0.3, 0.4) is 0 Å². The molecule has 0 aliphatic rings. The highest BCUT2D eigenvalue weighted by molar-refractivity contribution is 5.78. The van der Waals surface area contributed by atoms with Crippen molar-refractivity contribution in [3.63, 3.8) is 0 Å². The molecule has 1 aromatic heterocycles. The minimum Gasteiger partial charge on any atom is -0.497 e. The Morgan fingerprint density at radius 3 is 2.38 bits per heavy atom. The van der Waals surface area contributed by atoms with Gasteiger partial charge in [0.1, 0.15) is 41.9 Å². The number of carboxylic acid groups (broad SMARTS) is 1. The Labute approximate surface area is 213 Å². The fourth-order valence-electron chi connectivity index (χ4n) is 3.51. The van der Waals surface area contributed by atoms with Crippen molar-refractivity contribution in [1.29, 1.82) is 0 Å². The number of benzene rings is 3. The molecular formula is C28H26N2O7. The number of carboxylic acids is 1. The molecule has 0 saturated carbocycles. The number of methoxy groups -OCH3 is 1. The average Bonchev–Trinajstić information content (AvgIpc) is 3.28. The molecule has 9 heteroatoms. The second-order valence-corrected chi connectivity index (χ2v) is 8.12. The molecule has 9 nitrogen and oxygen atoms in total. The topological polar surface area (TPSA) is 111 Å². The highest BCUT2D eigenvalue weighted by Gasteiger charge is 2.20. The maximum Gasteiger partial charge on any atom is 0.416 e. The van der Waals surface area contributed by atoms with E-state index in [0.29, 0.717) is 34.4 Å². The molecule has 1 heterocycles. The second-order valence-electron chi connectivity index (χ2n) is 8.12. The molecule has 0 aliphatic heterocycles. The Balaban J connectivity index is 1.38. The molecule has 1 N–H and O–H groups in total. The normalized spacial score (nSPS) is 10.5. The van der Waals surface area contributed by atoms with Gasteiger partial charge in [-0.25, -0.2) is 9.78 Å². The molecule has 4 rings (SSSR count). The minimum atomic E-state index is -1.15. The first-order valence-corrected chi connectivity index (χ1v) is 11.5. The first-order chi connectivity index (χ1) is 17.9. The Morgan fingerprint density at radius 1 is 0.946 bits per heavy atom. The number of aryl methyl sites for hydroxylation is 1. The van der Waals surface area contributed by atoms with E-state index in [9.17, 15) is 14.7 Å². The molecule has 0 unspecified atom stereocenters. The lowest BCUT2D eigenvalue weighted by Gasteiger charge is -2.20. The van der Waals surface area contributed by atoms with Gasteiger partial charge in [-0.2, -0.15) is 0 Å². The molecule has 0 atom stereocenters. The highest BCUT2D eigenvalue weighted by atomic mass is 16.6. The summed E-state index contributed by atoms with van der Waals surface area (Å²) in [6, 6.07) is 23.1. The maximum atomic E-state index is 12.7. The van der Waals surface area contributed by atoms with E-state index in [1.54, 1.807) is 48.5 Å². The maximum absolute atomic E-state index is 12.7. The van der Waals surface area contributed by atoms with Gasteiger partial charge in [-0.05, 0) is 48.9 Å². The monoisotopic (exact) mass is 502 g/mol. The van der Waals surface area contributed by atoms with E-state index in [-0.39, 0.29) is 18.9 Å². The zero-order valence-corrected chi connectivity index (χ0v) is 20.4. The van der Waals surface area contributed by atoms with Crippen molar-refractivity contribution in [1.82, 2.24) is 9.88 Å². The van der Waals surface area contributed by atoms with Crippen molar-refractivity contribution in [2.45, 2.75) is 20.1 Å². The zero-order valence-electron chi connectivity index (χ0n) is 20.4. The van der Waals surface area contributed by atoms with Crippen LogP contribution in [0.15, 0.2) is 83.3 Å². The zero-order chi connectivity index (χ0) is 26.2. The molecule has 0 aliphatic carbocycles. The van der Waals surface area contributed by atoms with Crippen molar-refractivity contribution in [2.75, 3.05) is 13.7 Å². The molecule has 37 heavy (non-hydrogen) atoms. The van der Waals surface area contributed by atoms with Gasteiger partial charge in [0.05, 0.1) is 7.11 Å². The lowest BCUT2D eigenvalue weighted by atomic mass is 10.2. The molecule has 0 bridgehead atoms. The van der Waals surface area contributed by atoms with E-state index < -0.39 is 18.6 Å². The summed E-state index contributed by atoms with van der Waals surface area (Å²) in [4.78, 5) is 29.7. The van der Waals surface area contributed by atoms with Crippen LogP contribution in [0.1, 0.15) is 17.0 Å². The number of oxazole rings is 1. The van der Waals surface area contributed by atoms with Gasteiger partial charge in [0.15, 0.2) is 0 Å². The number of amides is 1. The van der Waals surface area contributed by atoms with Crippen LogP contribution in [0, 0.1) is 6.92 Å². The molecule has 0 radical (unpaired) electrons. The third-order valence-corrected chi connectivity index (χ3v) is 5.42. The van der Waals surface area contributed by atoms with Crippen LogP contribution in [-0.4, -0.2) is 40.7 Å². The fraction of sp³-hybridized carbons (Fsp3) is 0.179. The molecule has 1 amide bonds. The summed E-state index contributed by atoms with van der Waals surface area (Å²) in [7, 11) is 1.50. The lowest BCUT2D eigenvalue weighted by molar-refractivity contribution is -0.138. The summed E-state index contributed by atoms with van der Waals surface area (Å²) in [5.74, 6) is 1.42. The quantitative estimate of drug-likeness (QED) is 0.310. The smallest absolute Gasteiger partial charge is 0.416 e. The van der Waals surface area contributed by atoms with Crippen molar-refractivity contribution < 1.29 is 33.3 Å². The first-order valence-electron chi connectivity index (χ1n) is 11.5. The third-order valence-electron chi connectivity index (χ3n) is 5.42. The van der Waals surface area contributed by atoms with E-state index in [2.05, 4.69) is 4.98 Å². The Bertz CT molecular complexity index is 1350. The third kappa shape index (κ3) is 6.88. The molecule has 0 spiro atoms. The number of aromatic nitrogens is 1. The summed E-state index contributed by atoms with van der Waals surface area (Å²) in [6.07, 6.45) is -0.785. The first kappa shape index (κ1) is 25.3. The summed E-state index contributed by atoms with van der Waals surface area (Å²) >= 11 is 0. The molecule has 3 aromatic carbocycles. The number of aliphatic carboxylic acids is 1. The van der Waals surface area contributed by atoms with Crippen molar-refractivity contribution in [3.05, 3.63) is 95.9 Å². The van der Waals surface area contributed by atoms with E-state index in [1.807, 2.05) is 37.3 Å². The highest BCUT2D eigenvalue weighted by Crippen LogP contribution is 2.23. The fourth-order valence-corrected chi connectivity index (χ4v) is 3.51. The van der Waals surface area contributed by atoms with E-state index >= 15 is 0 Å². The minimum absolute atomic E-state index is 0.0399. The predicted octanol–water partition coefficient (Wildman–Crippen LogP) is 5.32. The Morgan fingerprint density at radius 2 is 1.68 bits per heavy atom. The summed E-state index contributed by atoms with van der Waals surface area (Å²) in [6.45, 7) is 1.58. The molecule has 4 aromatic rings. The van der Waals surface area contributed by atoms with Crippen LogP contribution in [0.4, 0.5) is 4.79 Å². The Hall–Kier alpha value is -4.79. The SMILES string of the molecule is COc1cccc(OC(=O)N(CC(=O)O)Cc2ccc(OCc3nc(-c4ccccc4)oc3C)cc2)c1. The van der Waals surface area contributed by atoms with Gasteiger partial charge >= 0.3 is 12.1 Å². The van der Waals surface area contributed by atoms with Crippen molar-refractivity contribution in [2.24, 2.45) is 0 Å². The van der Waals surface area contributed by atoms with Crippen LogP contribution >= 0.6 is 0 Å². The average molecular weight is 503 g/mol. The number of nitrogens with zero attached hydrogens (tertiary/aromatic N) is 2. The molecule has 190 valence electrons. The van der Waals surface area contributed by atoms with Crippen LogP contribution in [0.5, 0.6) is 17.2 Å². The lowest BCUT2D eigenvalue weighted by Crippen LogP contribution is -2.37. The number of carbonyl (C=O) groups is 2. The van der Waals surface area contributed by atoms with Gasteiger partial charge in [0.25, 0.3) is 0 Å². The predicted molar refractivity (Wildman–Crippen MR) is 135 cm³/mol.